The summed E-state index contributed by atoms with van der Waals surface area (Å²) in [5.74, 6) is 0.0244. The molecule has 0 spiro atoms. The first-order valence-electron chi connectivity index (χ1n) is 21.8. The minimum atomic E-state index is -4.76. The summed E-state index contributed by atoms with van der Waals surface area (Å²) < 4.78 is 28.6. The summed E-state index contributed by atoms with van der Waals surface area (Å²) in [4.78, 5) is 32.5. The average Bonchev–Trinajstić information content (AvgIpc) is 3.49. The van der Waals surface area contributed by atoms with Crippen LogP contribution >= 0.6 is 7.82 Å². The fourth-order valence-electron chi connectivity index (χ4n) is 8.57. The molecule has 0 bridgehead atoms. The van der Waals surface area contributed by atoms with Crippen LogP contribution in [0.5, 0.6) is 5.75 Å². The molecule has 1 amide bonds. The molecule has 0 aliphatic carbocycles. The Balaban J connectivity index is 1.21. The number of aryl methyl sites for hydroxylation is 1. The fraction of sp³-hybridized carbons (Fsp3) is 0.479. The number of benzene rings is 4. The van der Waals surface area contributed by atoms with E-state index in [1.807, 2.05) is 72.8 Å². The predicted octanol–water partition coefficient (Wildman–Crippen LogP) is 8.11. The zero-order valence-electron chi connectivity index (χ0n) is 35.2. The highest BCUT2D eigenvalue weighted by Gasteiger charge is 2.43. The molecule has 12 heteroatoms. The van der Waals surface area contributed by atoms with Crippen molar-refractivity contribution in [1.82, 2.24) is 5.32 Å². The third-order valence-corrected chi connectivity index (χ3v) is 12.4. The Bertz CT molecular complexity index is 1830. The predicted molar refractivity (Wildman–Crippen MR) is 236 cm³/mol. The SMILES string of the molecule is NC(=O)C(CC[N+]1(Cc2cc(C(O)CNCCCCCCOCCCCc3ccccc3)ccc2OCOP(=O)(O)O)CCCCCC1)(c1ccccc1)c1ccccc1. The number of amides is 1. The zero-order valence-corrected chi connectivity index (χ0v) is 36.1. The fourth-order valence-corrected chi connectivity index (χ4v) is 8.76. The van der Waals surface area contributed by atoms with Gasteiger partial charge >= 0.3 is 7.82 Å². The largest absolute Gasteiger partial charge is 0.472 e. The molecular formula is C48H67N3O8P+. The van der Waals surface area contributed by atoms with Crippen LogP contribution in [0, 0.1) is 0 Å². The van der Waals surface area contributed by atoms with Crippen molar-refractivity contribution in [3.63, 3.8) is 0 Å². The monoisotopic (exact) mass is 844 g/mol. The van der Waals surface area contributed by atoms with Gasteiger partial charge in [-0.3, -0.25) is 4.79 Å². The van der Waals surface area contributed by atoms with Crippen molar-refractivity contribution in [3.05, 3.63) is 137 Å². The summed E-state index contributed by atoms with van der Waals surface area (Å²) >= 11 is 0. The van der Waals surface area contributed by atoms with Gasteiger partial charge in [-0.25, -0.2) is 9.09 Å². The van der Waals surface area contributed by atoms with Gasteiger partial charge in [0.15, 0.2) is 6.79 Å². The number of likely N-dealkylation sites (tertiary alicyclic amines) is 1. The number of phosphoric ester groups is 1. The number of aliphatic hydroxyl groups is 1. The lowest BCUT2D eigenvalue weighted by atomic mass is 9.71. The molecule has 1 heterocycles. The zero-order chi connectivity index (χ0) is 42.5. The van der Waals surface area contributed by atoms with Crippen molar-refractivity contribution in [3.8, 4) is 5.75 Å². The highest BCUT2D eigenvalue weighted by Crippen LogP contribution is 2.39. The molecular weight excluding hydrogens is 778 g/mol. The smallest absolute Gasteiger partial charge is 0.466 e. The van der Waals surface area contributed by atoms with Crippen molar-refractivity contribution in [1.29, 1.82) is 0 Å². The van der Waals surface area contributed by atoms with Crippen LogP contribution in [0.3, 0.4) is 0 Å². The second kappa shape index (κ2) is 24.5. The molecule has 1 atom stereocenters. The number of nitrogens with zero attached hydrogens (tertiary/aromatic N) is 1. The number of nitrogens with two attached hydrogens (primary N) is 1. The lowest BCUT2D eigenvalue weighted by Crippen LogP contribution is -2.53. The van der Waals surface area contributed by atoms with E-state index in [-0.39, 0.29) is 0 Å². The van der Waals surface area contributed by atoms with Gasteiger partial charge in [0.1, 0.15) is 17.7 Å². The number of unbranched alkanes of at least 4 members (excludes halogenated alkanes) is 4. The lowest BCUT2D eigenvalue weighted by Gasteiger charge is -2.42. The van der Waals surface area contributed by atoms with Crippen molar-refractivity contribution in [2.24, 2.45) is 5.73 Å². The first kappa shape index (κ1) is 47.2. The van der Waals surface area contributed by atoms with Crippen LogP contribution in [0.2, 0.25) is 0 Å². The Kier molecular flexibility index (Phi) is 19.3. The number of ether oxygens (including phenoxy) is 2. The molecule has 0 saturated carbocycles. The number of carbonyl (C=O) groups excluding carboxylic acids is 1. The topological polar surface area (TPSA) is 161 Å². The summed E-state index contributed by atoms with van der Waals surface area (Å²) in [6, 6.07) is 35.6. The number of hydrogen-bond acceptors (Lipinski definition) is 7. The van der Waals surface area contributed by atoms with Crippen molar-refractivity contribution in [2.75, 3.05) is 52.7 Å². The molecule has 5 rings (SSSR count). The molecule has 60 heavy (non-hydrogen) atoms. The number of rotatable bonds is 27. The number of phosphoric acid groups is 1. The summed E-state index contributed by atoms with van der Waals surface area (Å²) in [6.07, 6.45) is 11.4. The average molecular weight is 845 g/mol. The molecule has 326 valence electrons. The molecule has 4 aromatic rings. The van der Waals surface area contributed by atoms with E-state index in [1.165, 1.54) is 5.56 Å². The van der Waals surface area contributed by atoms with E-state index >= 15 is 0 Å². The Morgan fingerprint density at radius 3 is 2.00 bits per heavy atom. The van der Waals surface area contributed by atoms with Gasteiger partial charge in [-0.2, -0.15) is 0 Å². The van der Waals surface area contributed by atoms with Crippen LogP contribution in [0.1, 0.15) is 105 Å². The van der Waals surface area contributed by atoms with Gasteiger partial charge < -0.3 is 39.9 Å². The van der Waals surface area contributed by atoms with Gasteiger partial charge in [-0.05, 0) is 98.7 Å². The van der Waals surface area contributed by atoms with Crippen LogP contribution in [0.4, 0.5) is 0 Å². The van der Waals surface area contributed by atoms with Crippen LogP contribution in [-0.4, -0.2) is 78.0 Å². The highest BCUT2D eigenvalue weighted by molar-refractivity contribution is 7.46. The molecule has 0 aromatic heterocycles. The summed E-state index contributed by atoms with van der Waals surface area (Å²) in [6.45, 7) is 5.03. The van der Waals surface area contributed by atoms with Crippen molar-refractivity contribution < 1.29 is 42.7 Å². The standard InChI is InChI=1S/C48H66N3O8P/c49-47(53)48(43-23-10-6-11-24-43,44-25-12-7-13-26-44)29-33-51(31-16-2-3-17-32-51)38-42-36-41(27-28-46(42)58-39-59-60(54,55)56)45(52)37-50-30-15-1-4-18-34-57-35-19-14-22-40-20-8-5-9-21-40/h5-13,20-21,23-28,36,45,50,52H,1-4,14-19,22,29-35,37-39H2,(H3-,49,53,54,55,56)/p+1. The normalized spacial score (nSPS) is 15.0. The Labute approximate surface area is 357 Å². The van der Waals surface area contributed by atoms with Gasteiger partial charge in [0.25, 0.3) is 0 Å². The van der Waals surface area contributed by atoms with E-state index in [9.17, 15) is 24.3 Å². The van der Waals surface area contributed by atoms with E-state index < -0.39 is 32.0 Å². The molecule has 0 radical (unpaired) electrons. The molecule has 4 aromatic carbocycles. The third-order valence-electron chi connectivity index (χ3n) is 11.9. The maximum absolute atomic E-state index is 13.7. The first-order valence-corrected chi connectivity index (χ1v) is 23.4. The van der Waals surface area contributed by atoms with Crippen molar-refractivity contribution >= 4 is 13.7 Å². The molecule has 1 aliphatic heterocycles. The summed E-state index contributed by atoms with van der Waals surface area (Å²) in [5, 5.41) is 14.8. The van der Waals surface area contributed by atoms with Crippen LogP contribution in [0.15, 0.2) is 109 Å². The van der Waals surface area contributed by atoms with Gasteiger partial charge in [-0.1, -0.05) is 110 Å². The quantitative estimate of drug-likeness (QED) is 0.0173. The van der Waals surface area contributed by atoms with Gasteiger partial charge in [0, 0.05) is 31.7 Å². The maximum atomic E-state index is 13.7. The maximum Gasteiger partial charge on any atom is 0.472 e. The van der Waals surface area contributed by atoms with Crippen LogP contribution < -0.4 is 15.8 Å². The van der Waals surface area contributed by atoms with Gasteiger partial charge in [0.05, 0.1) is 25.7 Å². The highest BCUT2D eigenvalue weighted by atomic mass is 31.2. The Morgan fingerprint density at radius 2 is 1.38 bits per heavy atom. The van der Waals surface area contributed by atoms with Crippen molar-refractivity contribution in [2.45, 2.75) is 95.1 Å². The third kappa shape index (κ3) is 14.9. The molecule has 1 fully saturated rings. The first-order chi connectivity index (χ1) is 29.1. The molecule has 1 unspecified atom stereocenters. The minimum Gasteiger partial charge on any atom is -0.466 e. The van der Waals surface area contributed by atoms with Crippen LogP contribution in [0.25, 0.3) is 0 Å². The number of primary amides is 1. The van der Waals surface area contributed by atoms with Gasteiger partial charge in [0.2, 0.25) is 5.91 Å². The molecule has 6 N–H and O–H groups in total. The van der Waals surface area contributed by atoms with E-state index in [2.05, 4.69) is 34.1 Å². The second-order valence-corrected chi connectivity index (χ2v) is 17.5. The Morgan fingerprint density at radius 1 is 0.783 bits per heavy atom. The Hall–Kier alpha value is -3.90. The van der Waals surface area contributed by atoms with E-state index in [0.717, 1.165) is 126 Å². The van der Waals surface area contributed by atoms with E-state index in [1.54, 1.807) is 12.1 Å². The number of aliphatic hydroxyl groups excluding tert-OH is 1. The summed E-state index contributed by atoms with van der Waals surface area (Å²) in [7, 11) is -4.76. The number of quaternary nitrogens is 1. The minimum absolute atomic E-state index is 0.377. The van der Waals surface area contributed by atoms with Gasteiger partial charge in [-0.15, -0.1) is 0 Å². The molecule has 1 saturated heterocycles. The lowest BCUT2D eigenvalue weighted by molar-refractivity contribution is -0.940. The van der Waals surface area contributed by atoms with E-state index in [0.29, 0.717) is 36.3 Å². The van der Waals surface area contributed by atoms with E-state index in [4.69, 9.17) is 15.2 Å². The molecule has 1 aliphatic rings. The molecule has 11 nitrogen and oxygen atoms in total. The van der Waals surface area contributed by atoms with Crippen LogP contribution in [-0.2, 0) is 37.0 Å². The summed E-state index contributed by atoms with van der Waals surface area (Å²) in [5.41, 5.74) is 9.91. The number of nitrogens with one attached hydrogen (secondary N) is 1. The number of hydrogen-bond donors (Lipinski definition) is 5. The number of carbonyl (C=O) groups is 1. The second-order valence-electron chi connectivity index (χ2n) is 16.3.